The average molecular weight is 261 g/mol. The van der Waals surface area contributed by atoms with Crippen LogP contribution in [0.25, 0.3) is 0 Å². The first kappa shape index (κ1) is 13.0. The number of halogens is 3. The number of hydrogen-bond acceptors (Lipinski definition) is 3. The van der Waals surface area contributed by atoms with Gasteiger partial charge in [-0.3, -0.25) is 0 Å². The standard InChI is InChI=1S/C12H14F3NO2/c1-17-8-4-3-7(12(13,14)15)9(10(8)18-2)11(16)5-6-11/h3-4H,5-6,16H2,1-2H3. The second-order valence-electron chi connectivity index (χ2n) is 4.38. The van der Waals surface area contributed by atoms with E-state index in [0.717, 1.165) is 6.07 Å². The molecule has 18 heavy (non-hydrogen) atoms. The van der Waals surface area contributed by atoms with Crippen molar-refractivity contribution in [2.45, 2.75) is 24.6 Å². The fourth-order valence-corrected chi connectivity index (χ4v) is 2.04. The zero-order chi connectivity index (χ0) is 13.6. The van der Waals surface area contributed by atoms with E-state index in [1.54, 1.807) is 0 Å². The highest BCUT2D eigenvalue weighted by atomic mass is 19.4. The zero-order valence-corrected chi connectivity index (χ0v) is 10.1. The minimum absolute atomic E-state index is 0.00292. The van der Waals surface area contributed by atoms with Gasteiger partial charge in [-0.05, 0) is 25.0 Å². The fourth-order valence-electron chi connectivity index (χ4n) is 2.04. The first-order valence-corrected chi connectivity index (χ1v) is 5.45. The highest BCUT2D eigenvalue weighted by molar-refractivity contribution is 5.56. The van der Waals surface area contributed by atoms with Gasteiger partial charge in [-0.2, -0.15) is 13.2 Å². The predicted octanol–water partition coefficient (Wildman–Crippen LogP) is 2.67. The van der Waals surface area contributed by atoms with E-state index in [0.29, 0.717) is 12.8 Å². The quantitative estimate of drug-likeness (QED) is 0.909. The summed E-state index contributed by atoms with van der Waals surface area (Å²) >= 11 is 0. The lowest BCUT2D eigenvalue weighted by Gasteiger charge is -2.22. The van der Waals surface area contributed by atoms with Crippen LogP contribution in [0.2, 0.25) is 0 Å². The van der Waals surface area contributed by atoms with Crippen LogP contribution >= 0.6 is 0 Å². The number of hydrogen-bond donors (Lipinski definition) is 1. The molecule has 1 aromatic rings. The Labute approximate surface area is 103 Å². The van der Waals surface area contributed by atoms with E-state index in [1.807, 2.05) is 0 Å². The molecule has 0 radical (unpaired) electrons. The predicted molar refractivity (Wildman–Crippen MR) is 59.6 cm³/mol. The molecule has 100 valence electrons. The number of benzene rings is 1. The average Bonchev–Trinajstić information content (AvgIpc) is 3.05. The largest absolute Gasteiger partial charge is 0.493 e. The lowest BCUT2D eigenvalue weighted by Crippen LogP contribution is -2.25. The first-order chi connectivity index (χ1) is 8.33. The minimum Gasteiger partial charge on any atom is -0.493 e. The Balaban J connectivity index is 2.69. The van der Waals surface area contributed by atoms with E-state index in [-0.39, 0.29) is 17.1 Å². The van der Waals surface area contributed by atoms with Crippen molar-refractivity contribution in [1.82, 2.24) is 0 Å². The van der Waals surface area contributed by atoms with Gasteiger partial charge in [-0.1, -0.05) is 0 Å². The molecule has 0 amide bonds. The molecule has 0 aromatic heterocycles. The van der Waals surface area contributed by atoms with Crippen molar-refractivity contribution in [3.63, 3.8) is 0 Å². The SMILES string of the molecule is COc1ccc(C(F)(F)F)c(C2(N)CC2)c1OC. The van der Waals surface area contributed by atoms with Crippen LogP contribution < -0.4 is 15.2 Å². The molecule has 0 bridgehead atoms. The smallest absolute Gasteiger partial charge is 0.416 e. The molecular weight excluding hydrogens is 247 g/mol. The summed E-state index contributed by atoms with van der Waals surface area (Å²) in [6.45, 7) is 0. The summed E-state index contributed by atoms with van der Waals surface area (Å²) in [5.41, 5.74) is 4.22. The molecule has 0 spiro atoms. The molecule has 1 saturated carbocycles. The van der Waals surface area contributed by atoms with Crippen LogP contribution in [-0.4, -0.2) is 14.2 Å². The molecule has 2 rings (SSSR count). The molecule has 0 aliphatic heterocycles. The van der Waals surface area contributed by atoms with Gasteiger partial charge < -0.3 is 15.2 Å². The van der Waals surface area contributed by atoms with Gasteiger partial charge in [0, 0.05) is 11.1 Å². The number of rotatable bonds is 3. The van der Waals surface area contributed by atoms with Crippen LogP contribution in [0.1, 0.15) is 24.0 Å². The highest BCUT2D eigenvalue weighted by Gasteiger charge is 2.49. The van der Waals surface area contributed by atoms with Crippen molar-refractivity contribution >= 4 is 0 Å². The maximum atomic E-state index is 13.0. The molecule has 1 aliphatic rings. The molecule has 1 aliphatic carbocycles. The Morgan fingerprint density at radius 3 is 2.17 bits per heavy atom. The summed E-state index contributed by atoms with van der Waals surface area (Å²) in [5, 5.41) is 0. The third kappa shape index (κ3) is 2.01. The van der Waals surface area contributed by atoms with E-state index in [9.17, 15) is 13.2 Å². The lowest BCUT2D eigenvalue weighted by atomic mass is 9.96. The van der Waals surface area contributed by atoms with Gasteiger partial charge in [0.05, 0.1) is 19.8 Å². The fraction of sp³-hybridized carbons (Fsp3) is 0.500. The molecule has 0 heterocycles. The van der Waals surface area contributed by atoms with Crippen LogP contribution in [0.5, 0.6) is 11.5 Å². The van der Waals surface area contributed by atoms with Crippen LogP contribution in [0, 0.1) is 0 Å². The van der Waals surface area contributed by atoms with Crippen molar-refractivity contribution in [2.75, 3.05) is 14.2 Å². The van der Waals surface area contributed by atoms with Gasteiger partial charge in [0.15, 0.2) is 11.5 Å². The third-order valence-corrected chi connectivity index (χ3v) is 3.14. The molecular formula is C12H14F3NO2. The maximum Gasteiger partial charge on any atom is 0.416 e. The molecule has 3 nitrogen and oxygen atoms in total. The number of ether oxygens (including phenoxy) is 2. The molecule has 2 N–H and O–H groups in total. The Morgan fingerprint density at radius 2 is 1.78 bits per heavy atom. The van der Waals surface area contributed by atoms with E-state index < -0.39 is 17.3 Å². The normalized spacial score (nSPS) is 17.4. The minimum atomic E-state index is -4.45. The van der Waals surface area contributed by atoms with Gasteiger partial charge in [0.1, 0.15) is 0 Å². The third-order valence-electron chi connectivity index (χ3n) is 3.14. The van der Waals surface area contributed by atoms with Crippen molar-refractivity contribution in [3.8, 4) is 11.5 Å². The van der Waals surface area contributed by atoms with E-state index >= 15 is 0 Å². The number of nitrogens with two attached hydrogens (primary N) is 1. The molecule has 1 fully saturated rings. The molecule has 1 aromatic carbocycles. The van der Waals surface area contributed by atoms with Crippen LogP contribution in [0.4, 0.5) is 13.2 Å². The summed E-state index contributed by atoms with van der Waals surface area (Å²) < 4.78 is 49.1. The summed E-state index contributed by atoms with van der Waals surface area (Å²) in [4.78, 5) is 0. The summed E-state index contributed by atoms with van der Waals surface area (Å²) in [6, 6.07) is 2.24. The van der Waals surface area contributed by atoms with Crippen molar-refractivity contribution < 1.29 is 22.6 Å². The van der Waals surface area contributed by atoms with Gasteiger partial charge in [-0.25, -0.2) is 0 Å². The summed E-state index contributed by atoms with van der Waals surface area (Å²) in [6.07, 6.45) is -3.43. The zero-order valence-electron chi connectivity index (χ0n) is 10.1. The second-order valence-corrected chi connectivity index (χ2v) is 4.38. The van der Waals surface area contributed by atoms with Gasteiger partial charge >= 0.3 is 6.18 Å². The van der Waals surface area contributed by atoms with Gasteiger partial charge in [0.25, 0.3) is 0 Å². The topological polar surface area (TPSA) is 44.5 Å². The first-order valence-electron chi connectivity index (χ1n) is 5.45. The van der Waals surface area contributed by atoms with Gasteiger partial charge in [-0.15, -0.1) is 0 Å². The Hall–Kier alpha value is -1.43. The maximum absolute atomic E-state index is 13.0. The van der Waals surface area contributed by atoms with Crippen molar-refractivity contribution in [3.05, 3.63) is 23.3 Å². The van der Waals surface area contributed by atoms with E-state index in [4.69, 9.17) is 15.2 Å². The summed E-state index contributed by atoms with van der Waals surface area (Å²) in [5.74, 6) is 0.338. The van der Waals surface area contributed by atoms with Crippen LogP contribution in [0.3, 0.4) is 0 Å². The molecule has 0 saturated heterocycles. The number of methoxy groups -OCH3 is 2. The summed E-state index contributed by atoms with van der Waals surface area (Å²) in [7, 11) is 2.69. The lowest BCUT2D eigenvalue weighted by molar-refractivity contribution is -0.138. The van der Waals surface area contributed by atoms with E-state index in [1.165, 1.54) is 20.3 Å². The molecule has 6 heteroatoms. The van der Waals surface area contributed by atoms with Crippen LogP contribution in [-0.2, 0) is 11.7 Å². The van der Waals surface area contributed by atoms with Crippen molar-refractivity contribution in [1.29, 1.82) is 0 Å². The van der Waals surface area contributed by atoms with Crippen molar-refractivity contribution in [2.24, 2.45) is 5.73 Å². The molecule has 0 atom stereocenters. The van der Waals surface area contributed by atoms with Gasteiger partial charge in [0.2, 0.25) is 0 Å². The monoisotopic (exact) mass is 261 g/mol. The van der Waals surface area contributed by atoms with Crippen LogP contribution in [0.15, 0.2) is 12.1 Å². The highest BCUT2D eigenvalue weighted by Crippen LogP contribution is 2.53. The van der Waals surface area contributed by atoms with E-state index in [2.05, 4.69) is 0 Å². The number of alkyl halides is 3. The second kappa shape index (κ2) is 4.05. The Bertz CT molecular complexity index is 467. The molecule has 0 unspecified atom stereocenters. The Morgan fingerprint density at radius 1 is 1.17 bits per heavy atom. The Kier molecular flexibility index (Phi) is 2.93.